The van der Waals surface area contributed by atoms with E-state index in [9.17, 15) is 13.8 Å². The number of anilines is 2. The van der Waals surface area contributed by atoms with E-state index in [0.29, 0.717) is 40.9 Å². The van der Waals surface area contributed by atoms with Gasteiger partial charge in [0.05, 0.1) is 25.1 Å². The maximum absolute atomic E-state index is 14.0. The van der Waals surface area contributed by atoms with Gasteiger partial charge < -0.3 is 4.74 Å². The lowest BCUT2D eigenvalue weighted by atomic mass is 9.92. The Balaban J connectivity index is 1.66. The van der Waals surface area contributed by atoms with Crippen LogP contribution in [0.5, 0.6) is 0 Å². The number of unbranched alkanes of at least 4 members (excludes halogenated alkanes) is 1. The molecule has 0 N–H and O–H groups in total. The summed E-state index contributed by atoms with van der Waals surface area (Å²) < 4.78 is 26.3. The minimum absolute atomic E-state index is 0.180. The standard InChI is InChI=1S/C25H24BrCl2N3O5S/c1-16(32)35-9-3-4-10-36-37(34)22-15-29-24-30(21-12-19(27)11-20(28)13-21)23(33)25(2,31(22)24)14-17-5-7-18(26)8-6-17/h5-8,11-13,15H,3-4,9-10,14H2,1-2H3/t25-,37?/m1/s1. The summed E-state index contributed by atoms with van der Waals surface area (Å²) >= 11 is 14.0. The highest BCUT2D eigenvalue weighted by Gasteiger charge is 2.51. The van der Waals surface area contributed by atoms with Gasteiger partial charge in [0, 0.05) is 27.9 Å². The van der Waals surface area contributed by atoms with Crippen molar-refractivity contribution >= 4 is 73.7 Å². The average Bonchev–Trinajstić information content (AvgIpc) is 3.35. The highest BCUT2D eigenvalue weighted by molar-refractivity contribution is 9.10. The van der Waals surface area contributed by atoms with Crippen molar-refractivity contribution in [3.8, 4) is 0 Å². The number of amides is 1. The molecular weight excluding hydrogens is 605 g/mol. The van der Waals surface area contributed by atoms with Crippen LogP contribution in [-0.2, 0) is 41.5 Å². The lowest BCUT2D eigenvalue weighted by molar-refractivity contribution is -0.141. The first-order valence-electron chi connectivity index (χ1n) is 11.4. The fourth-order valence-electron chi connectivity index (χ4n) is 4.16. The molecule has 37 heavy (non-hydrogen) atoms. The predicted octanol–water partition coefficient (Wildman–Crippen LogP) is 5.97. The van der Waals surface area contributed by atoms with Crippen molar-refractivity contribution in [2.45, 2.75) is 43.7 Å². The highest BCUT2D eigenvalue weighted by atomic mass is 79.9. The number of halogens is 3. The minimum Gasteiger partial charge on any atom is -0.466 e. The molecule has 1 aromatic heterocycles. The van der Waals surface area contributed by atoms with E-state index in [1.165, 1.54) is 18.0 Å². The van der Waals surface area contributed by atoms with Crippen LogP contribution >= 0.6 is 39.1 Å². The van der Waals surface area contributed by atoms with Crippen LogP contribution in [0.1, 0.15) is 32.3 Å². The van der Waals surface area contributed by atoms with Gasteiger partial charge in [0.1, 0.15) is 5.54 Å². The molecule has 8 nitrogen and oxygen atoms in total. The molecule has 0 saturated carbocycles. The molecule has 1 unspecified atom stereocenters. The van der Waals surface area contributed by atoms with Gasteiger partial charge in [-0.1, -0.05) is 51.3 Å². The molecule has 12 heteroatoms. The number of carbonyl (C=O) groups is 2. The number of carbonyl (C=O) groups excluding carboxylic acids is 2. The van der Waals surface area contributed by atoms with Crippen LogP contribution in [0.15, 0.2) is 58.2 Å². The molecule has 1 amide bonds. The molecule has 2 atom stereocenters. The lowest BCUT2D eigenvalue weighted by Crippen LogP contribution is -2.41. The van der Waals surface area contributed by atoms with Gasteiger partial charge in [-0.25, -0.2) is 14.1 Å². The van der Waals surface area contributed by atoms with Crippen molar-refractivity contribution in [2.75, 3.05) is 18.1 Å². The van der Waals surface area contributed by atoms with Gasteiger partial charge in [-0.2, -0.15) is 0 Å². The molecule has 0 aliphatic carbocycles. The molecule has 0 radical (unpaired) electrons. The van der Waals surface area contributed by atoms with E-state index in [1.54, 1.807) is 29.7 Å². The summed E-state index contributed by atoms with van der Waals surface area (Å²) in [6, 6.07) is 12.5. The monoisotopic (exact) mass is 627 g/mol. The molecule has 1 aliphatic heterocycles. The first kappa shape index (κ1) is 27.8. The van der Waals surface area contributed by atoms with E-state index in [0.717, 1.165) is 10.0 Å². The number of ether oxygens (including phenoxy) is 1. The van der Waals surface area contributed by atoms with Crippen molar-refractivity contribution in [3.05, 3.63) is 68.7 Å². The van der Waals surface area contributed by atoms with Crippen molar-refractivity contribution < 1.29 is 22.7 Å². The van der Waals surface area contributed by atoms with E-state index in [1.807, 2.05) is 24.3 Å². The van der Waals surface area contributed by atoms with Gasteiger partial charge in [0.25, 0.3) is 5.91 Å². The molecule has 4 rings (SSSR count). The molecule has 2 aromatic carbocycles. The Morgan fingerprint density at radius 3 is 2.41 bits per heavy atom. The van der Waals surface area contributed by atoms with Crippen molar-refractivity contribution in [1.29, 1.82) is 0 Å². The topological polar surface area (TPSA) is 90.7 Å². The first-order chi connectivity index (χ1) is 17.6. The predicted molar refractivity (Wildman–Crippen MR) is 146 cm³/mol. The van der Waals surface area contributed by atoms with Gasteiger partial charge in [0.2, 0.25) is 17.0 Å². The second-order valence-corrected chi connectivity index (χ2v) is 11.6. The molecule has 1 aliphatic rings. The number of imidazole rings is 1. The van der Waals surface area contributed by atoms with Crippen LogP contribution in [0.4, 0.5) is 11.6 Å². The Bertz CT molecular complexity index is 1330. The largest absolute Gasteiger partial charge is 0.466 e. The van der Waals surface area contributed by atoms with E-state index in [-0.39, 0.29) is 30.1 Å². The molecule has 196 valence electrons. The maximum atomic E-state index is 14.0. The Kier molecular flexibility index (Phi) is 8.75. The van der Waals surface area contributed by atoms with Gasteiger partial charge in [-0.05, 0) is 55.7 Å². The van der Waals surface area contributed by atoms with Crippen LogP contribution in [0, 0.1) is 0 Å². The third kappa shape index (κ3) is 6.09. The van der Waals surface area contributed by atoms with E-state index >= 15 is 0 Å². The first-order valence-corrected chi connectivity index (χ1v) is 14.0. The summed E-state index contributed by atoms with van der Waals surface area (Å²) in [6.45, 7) is 3.58. The third-order valence-corrected chi connectivity index (χ3v) is 7.82. The zero-order valence-corrected chi connectivity index (χ0v) is 24.0. The lowest BCUT2D eigenvalue weighted by Gasteiger charge is -2.26. The average molecular weight is 629 g/mol. The Hall–Kier alpha value is -2.24. The maximum Gasteiger partial charge on any atom is 0.302 e. The number of fused-ring (bicyclic) bond motifs is 1. The quantitative estimate of drug-likeness (QED) is 0.203. The Morgan fingerprint density at radius 1 is 1.11 bits per heavy atom. The second kappa shape index (κ2) is 11.7. The van der Waals surface area contributed by atoms with Crippen LogP contribution in [0.2, 0.25) is 10.0 Å². The van der Waals surface area contributed by atoms with E-state index in [2.05, 4.69) is 20.9 Å². The summed E-state index contributed by atoms with van der Waals surface area (Å²) in [5, 5.41) is 1.00. The van der Waals surface area contributed by atoms with Gasteiger partial charge in [-0.3, -0.25) is 18.3 Å². The summed E-state index contributed by atoms with van der Waals surface area (Å²) in [4.78, 5) is 30.8. The van der Waals surface area contributed by atoms with Crippen LogP contribution < -0.4 is 4.90 Å². The van der Waals surface area contributed by atoms with Crippen molar-refractivity contribution in [1.82, 2.24) is 9.55 Å². The Morgan fingerprint density at radius 2 is 1.76 bits per heavy atom. The van der Waals surface area contributed by atoms with E-state index in [4.69, 9.17) is 32.1 Å². The fourth-order valence-corrected chi connectivity index (χ4v) is 5.90. The number of benzene rings is 2. The molecule has 0 fully saturated rings. The van der Waals surface area contributed by atoms with E-state index < -0.39 is 16.6 Å². The molecule has 0 saturated heterocycles. The fraction of sp³-hybridized carbons (Fsp3) is 0.320. The number of esters is 1. The summed E-state index contributed by atoms with van der Waals surface area (Å²) in [7, 11) is 0. The molecule has 0 bridgehead atoms. The number of nitrogens with zero attached hydrogens (tertiary/aromatic N) is 3. The van der Waals surface area contributed by atoms with Gasteiger partial charge in [0.15, 0.2) is 5.03 Å². The molecule has 2 heterocycles. The summed E-state index contributed by atoms with van der Waals surface area (Å²) in [6.07, 6.45) is 2.89. The molecule has 0 spiro atoms. The number of hydrogen-bond donors (Lipinski definition) is 0. The molecule has 3 aromatic rings. The summed E-state index contributed by atoms with van der Waals surface area (Å²) in [5.74, 6) is -0.319. The zero-order valence-electron chi connectivity index (χ0n) is 20.1. The molecular formula is C25H24BrCl2N3O5S. The highest BCUT2D eigenvalue weighted by Crippen LogP contribution is 2.44. The van der Waals surface area contributed by atoms with Crippen LogP contribution in [0.25, 0.3) is 0 Å². The third-order valence-electron chi connectivity index (χ3n) is 5.84. The van der Waals surface area contributed by atoms with Gasteiger partial charge in [-0.15, -0.1) is 0 Å². The minimum atomic E-state index is -1.90. The number of hydrogen-bond acceptors (Lipinski definition) is 6. The summed E-state index contributed by atoms with van der Waals surface area (Å²) in [5.41, 5.74) is 0.211. The number of rotatable bonds is 10. The Labute approximate surface area is 235 Å². The normalized spacial score (nSPS) is 17.6. The van der Waals surface area contributed by atoms with Gasteiger partial charge >= 0.3 is 5.97 Å². The van der Waals surface area contributed by atoms with Crippen molar-refractivity contribution in [2.24, 2.45) is 0 Å². The van der Waals surface area contributed by atoms with Crippen molar-refractivity contribution in [3.63, 3.8) is 0 Å². The zero-order chi connectivity index (χ0) is 26.7. The van der Waals surface area contributed by atoms with Crippen LogP contribution in [0.3, 0.4) is 0 Å². The number of aromatic nitrogens is 2. The van der Waals surface area contributed by atoms with Crippen LogP contribution in [-0.4, -0.2) is 38.9 Å². The second-order valence-electron chi connectivity index (χ2n) is 8.68. The SMILES string of the molecule is CC(=O)OCCCCOS(=O)c1cnc2n1[C@](C)(Cc1ccc(Br)cc1)C(=O)N2c1cc(Cl)cc(Cl)c1. The smallest absolute Gasteiger partial charge is 0.302 e.